The molecule has 0 spiro atoms. The maximum absolute atomic E-state index is 12.9. The molecule has 0 fully saturated rings. The predicted octanol–water partition coefficient (Wildman–Crippen LogP) is 18.9. The fourth-order valence-electron chi connectivity index (χ4n) is 8.71. The monoisotopic (exact) mass is 1290 g/mol. The molecule has 0 saturated heterocycles. The SMILES string of the molecule is CC/C=C\C/C=C\C/C=C\C/C=C\C/C=C\C/C=C\CCCCCCCCC(=O)OCC(O)COP(=O)(O)OCC(O)COP(=O)(O)OCC(COC(=O)CCCCCCC/C=C\C/C=C\CCCCC)OC(=O)CCCCCCC/C=C\CCCCCC. The molecule has 0 aromatic heterocycles. The zero-order chi connectivity index (χ0) is 65.3. The van der Waals surface area contributed by atoms with E-state index in [0.29, 0.717) is 19.3 Å². The Morgan fingerprint density at radius 3 is 0.978 bits per heavy atom. The van der Waals surface area contributed by atoms with Crippen LogP contribution in [0.5, 0.6) is 0 Å². The van der Waals surface area contributed by atoms with Crippen molar-refractivity contribution in [3.63, 3.8) is 0 Å². The lowest BCUT2D eigenvalue weighted by molar-refractivity contribution is -0.161. The Balaban J connectivity index is 4.58. The van der Waals surface area contributed by atoms with Crippen molar-refractivity contribution in [1.29, 1.82) is 0 Å². The molecule has 0 heterocycles. The number of phosphoric ester groups is 2. The zero-order valence-electron chi connectivity index (χ0n) is 55.3. The summed E-state index contributed by atoms with van der Waals surface area (Å²) in [5, 5.41) is 20.5. The van der Waals surface area contributed by atoms with Gasteiger partial charge in [0.05, 0.1) is 26.4 Å². The van der Waals surface area contributed by atoms with Gasteiger partial charge in [0.25, 0.3) is 0 Å². The van der Waals surface area contributed by atoms with Gasteiger partial charge in [0.2, 0.25) is 0 Å². The molecule has 0 aromatic rings. The van der Waals surface area contributed by atoms with E-state index < -0.39 is 91.5 Å². The fraction of sp³-hybridized carbons (Fsp3) is 0.704. The van der Waals surface area contributed by atoms with Crippen LogP contribution in [-0.2, 0) is 55.8 Å². The Labute approximate surface area is 539 Å². The van der Waals surface area contributed by atoms with E-state index in [1.54, 1.807) is 0 Å². The number of carbonyl (C=O) groups excluding carboxylic acids is 3. The summed E-state index contributed by atoms with van der Waals surface area (Å²) in [5.74, 6) is -1.62. The first-order valence-electron chi connectivity index (χ1n) is 34.2. The van der Waals surface area contributed by atoms with Gasteiger partial charge < -0.3 is 34.2 Å². The normalized spacial score (nSPS) is 14.9. The smallest absolute Gasteiger partial charge is 0.463 e. The van der Waals surface area contributed by atoms with E-state index in [-0.39, 0.29) is 19.3 Å². The number of rotatable bonds is 64. The van der Waals surface area contributed by atoms with E-state index in [1.165, 1.54) is 44.9 Å². The molecule has 0 amide bonds. The molecule has 0 aliphatic heterocycles. The topological polar surface area (TPSA) is 231 Å². The van der Waals surface area contributed by atoms with Crippen molar-refractivity contribution in [3.05, 3.63) is 109 Å². The van der Waals surface area contributed by atoms with Gasteiger partial charge in [0.1, 0.15) is 25.4 Å². The third-order valence-corrected chi connectivity index (χ3v) is 15.9. The predicted molar refractivity (Wildman–Crippen MR) is 362 cm³/mol. The van der Waals surface area contributed by atoms with Gasteiger partial charge in [-0.25, -0.2) is 9.13 Å². The van der Waals surface area contributed by atoms with E-state index in [9.17, 15) is 43.5 Å². The third-order valence-electron chi connectivity index (χ3n) is 14.0. The fourth-order valence-corrected chi connectivity index (χ4v) is 10.3. The Hall–Kier alpha value is -3.79. The molecular weight excluding hydrogens is 1170 g/mol. The van der Waals surface area contributed by atoms with Gasteiger partial charge in [-0.05, 0) is 128 Å². The molecule has 0 rings (SSSR count). The number of phosphoric acid groups is 2. The summed E-state index contributed by atoms with van der Waals surface area (Å²) >= 11 is 0. The minimum absolute atomic E-state index is 0.0905. The van der Waals surface area contributed by atoms with Gasteiger partial charge in [0, 0.05) is 19.3 Å². The molecule has 16 nitrogen and oxygen atoms in total. The molecule has 0 aliphatic rings. The molecule has 4 N–H and O–H groups in total. The van der Waals surface area contributed by atoms with Crippen molar-refractivity contribution < 1.29 is 75.8 Å². The van der Waals surface area contributed by atoms with Gasteiger partial charge in [0.15, 0.2) is 6.10 Å². The van der Waals surface area contributed by atoms with Gasteiger partial charge in [-0.3, -0.25) is 32.5 Å². The first-order valence-corrected chi connectivity index (χ1v) is 37.2. The van der Waals surface area contributed by atoms with Crippen LogP contribution in [0.2, 0.25) is 0 Å². The first-order chi connectivity index (χ1) is 43.2. The van der Waals surface area contributed by atoms with Crippen LogP contribution >= 0.6 is 15.6 Å². The molecule has 89 heavy (non-hydrogen) atoms. The van der Waals surface area contributed by atoms with Crippen LogP contribution in [0.4, 0.5) is 0 Å². The molecule has 512 valence electrons. The Bertz CT molecular complexity index is 2060. The van der Waals surface area contributed by atoms with Crippen LogP contribution in [0.15, 0.2) is 109 Å². The summed E-state index contributed by atoms with van der Waals surface area (Å²) in [4.78, 5) is 58.3. The summed E-state index contributed by atoms with van der Waals surface area (Å²) in [5.41, 5.74) is 0. The van der Waals surface area contributed by atoms with Gasteiger partial charge in [-0.15, -0.1) is 0 Å². The van der Waals surface area contributed by atoms with Crippen LogP contribution in [0.1, 0.15) is 265 Å². The lowest BCUT2D eigenvalue weighted by Gasteiger charge is -2.21. The second-order valence-electron chi connectivity index (χ2n) is 22.6. The van der Waals surface area contributed by atoms with Crippen molar-refractivity contribution in [1.82, 2.24) is 0 Å². The zero-order valence-corrected chi connectivity index (χ0v) is 57.1. The Morgan fingerprint density at radius 2 is 0.596 bits per heavy atom. The van der Waals surface area contributed by atoms with E-state index in [1.807, 2.05) is 0 Å². The average Bonchev–Trinajstić information content (AvgIpc) is 3.70. The number of hydrogen-bond donors (Lipinski definition) is 4. The second kappa shape index (κ2) is 64.3. The number of unbranched alkanes of at least 4 members (excludes halogenated alkanes) is 23. The van der Waals surface area contributed by atoms with Gasteiger partial charge >= 0.3 is 33.6 Å². The molecule has 0 bridgehead atoms. The van der Waals surface area contributed by atoms with Crippen molar-refractivity contribution in [2.24, 2.45) is 0 Å². The van der Waals surface area contributed by atoms with Gasteiger partial charge in [-0.1, -0.05) is 226 Å². The minimum atomic E-state index is -4.93. The van der Waals surface area contributed by atoms with Crippen LogP contribution in [0, 0.1) is 0 Å². The highest BCUT2D eigenvalue weighted by Crippen LogP contribution is 2.45. The molecule has 18 heteroatoms. The van der Waals surface area contributed by atoms with Crippen LogP contribution in [-0.4, -0.2) is 95.9 Å². The maximum atomic E-state index is 12.9. The van der Waals surface area contributed by atoms with Crippen molar-refractivity contribution in [2.45, 2.75) is 283 Å². The molecule has 5 atom stereocenters. The summed E-state index contributed by atoms with van der Waals surface area (Å²) in [6.45, 7) is 2.46. The summed E-state index contributed by atoms with van der Waals surface area (Å²) < 4.78 is 60.8. The van der Waals surface area contributed by atoms with Crippen LogP contribution in [0.25, 0.3) is 0 Å². The molecule has 0 aromatic carbocycles. The van der Waals surface area contributed by atoms with Crippen LogP contribution in [0.3, 0.4) is 0 Å². The highest BCUT2D eigenvalue weighted by atomic mass is 31.2. The molecule has 0 aliphatic carbocycles. The van der Waals surface area contributed by atoms with E-state index >= 15 is 0 Å². The van der Waals surface area contributed by atoms with E-state index in [4.69, 9.17) is 32.3 Å². The van der Waals surface area contributed by atoms with Gasteiger partial charge in [-0.2, -0.15) is 0 Å². The summed E-state index contributed by atoms with van der Waals surface area (Å²) in [6, 6.07) is 0. The largest absolute Gasteiger partial charge is 0.472 e. The Kier molecular flexibility index (Phi) is 61.6. The number of aliphatic hydroxyl groups is 2. The number of allylic oxidation sites excluding steroid dienone is 18. The number of hydrogen-bond acceptors (Lipinski definition) is 14. The Morgan fingerprint density at radius 1 is 0.326 bits per heavy atom. The van der Waals surface area contributed by atoms with E-state index in [2.05, 4.69) is 130 Å². The number of carbonyl (C=O) groups is 3. The lowest BCUT2D eigenvalue weighted by Crippen LogP contribution is -2.30. The highest BCUT2D eigenvalue weighted by Gasteiger charge is 2.29. The van der Waals surface area contributed by atoms with Crippen molar-refractivity contribution in [3.8, 4) is 0 Å². The third kappa shape index (κ3) is 65.5. The minimum Gasteiger partial charge on any atom is -0.463 e. The number of esters is 3. The first kappa shape index (κ1) is 85.2. The molecule has 5 unspecified atom stereocenters. The highest BCUT2D eigenvalue weighted by molar-refractivity contribution is 7.47. The lowest BCUT2D eigenvalue weighted by atomic mass is 10.1. The average molecular weight is 1290 g/mol. The van der Waals surface area contributed by atoms with Crippen LogP contribution < -0.4 is 0 Å². The quantitative estimate of drug-likeness (QED) is 0.0146. The maximum Gasteiger partial charge on any atom is 0.472 e. The summed E-state index contributed by atoms with van der Waals surface area (Å²) in [6.07, 6.45) is 71.4. The second-order valence-corrected chi connectivity index (χ2v) is 25.5. The molecule has 0 radical (unpaired) electrons. The van der Waals surface area contributed by atoms with Crippen molar-refractivity contribution >= 4 is 33.6 Å². The molecular formula is C71H122O16P2. The summed E-state index contributed by atoms with van der Waals surface area (Å²) in [7, 11) is -9.78. The standard InChI is InChI=1S/C71H122O16P2/c1-4-7-10-13-16-19-22-25-27-28-29-30-31-32-33-34-35-36-38-41-42-45-48-51-54-57-69(74)81-60-66(72)61-83-88(77,78)84-62-67(73)63-85-89(79,80)86-65-68(87-71(76)59-56-53-50-47-44-39-24-21-18-15-12-9-6-3)64-82-70(75)58-55-52-49-46-43-40-37-26-23-20-17-14-11-8-5-2/h7,10,16-17,19-21,24-27,29-30,32-33,35-37,66-68,72-73H,4-6,8-9,11-15,18,22-23,28,31,34,38-65H2,1-3H3,(H,77,78)(H,79,80)/b10-7-,19-16-,20-17-,24-21-,27-25-,30-29-,33-32-,36-35-,37-26-. The van der Waals surface area contributed by atoms with Crippen molar-refractivity contribution in [2.75, 3.05) is 39.6 Å². The number of ether oxygens (including phenoxy) is 3. The molecule has 0 saturated carbocycles. The number of aliphatic hydroxyl groups excluding tert-OH is 2. The van der Waals surface area contributed by atoms with E-state index in [0.717, 1.165) is 161 Å².